The molecular weight excluding hydrogens is 301 g/mol. The number of alkyl halides is 1. The molecule has 0 fully saturated rings. The zero-order chi connectivity index (χ0) is 15.6. The quantitative estimate of drug-likeness (QED) is 0.410. The van der Waals surface area contributed by atoms with Gasteiger partial charge in [0.2, 0.25) is 11.6 Å². The fourth-order valence-electron chi connectivity index (χ4n) is 2.68. The summed E-state index contributed by atoms with van der Waals surface area (Å²) >= 11 is 12.8. The number of ketones is 1. The number of Topliss-reactive ketones (excluding diaryl/α,β-unsaturated/α-hetero) is 1. The molecule has 0 bridgehead atoms. The Balaban J connectivity index is 3.54. The minimum absolute atomic E-state index is 0.0641. The Labute approximate surface area is 130 Å². The second-order valence-corrected chi connectivity index (χ2v) is 5.51. The number of hydrogen-bond acceptors (Lipinski definition) is 4. The molecule has 0 unspecified atom stereocenters. The van der Waals surface area contributed by atoms with Gasteiger partial charge in [-0.2, -0.15) is 0 Å². The fraction of sp³-hybridized carbons (Fsp3) is 0.643. The van der Waals surface area contributed by atoms with Crippen molar-refractivity contribution in [2.45, 2.75) is 30.9 Å². The van der Waals surface area contributed by atoms with E-state index in [1.807, 2.05) is 18.7 Å². The van der Waals surface area contributed by atoms with Gasteiger partial charge >= 0.3 is 0 Å². The van der Waals surface area contributed by atoms with E-state index in [-0.39, 0.29) is 11.5 Å². The maximum Gasteiger partial charge on any atom is 0.239 e. The van der Waals surface area contributed by atoms with Gasteiger partial charge in [-0.05, 0) is 20.3 Å². The van der Waals surface area contributed by atoms with Crippen LogP contribution in [-0.4, -0.2) is 48.7 Å². The Morgan fingerprint density at radius 1 is 1.30 bits per heavy atom. The van der Waals surface area contributed by atoms with Crippen molar-refractivity contribution in [3.8, 4) is 0 Å². The molecule has 0 saturated carbocycles. The molecular formula is C14H21Cl2NO3. The molecule has 114 valence electrons. The lowest BCUT2D eigenvalue weighted by Crippen LogP contribution is -2.57. The van der Waals surface area contributed by atoms with Crippen LogP contribution >= 0.6 is 23.2 Å². The number of nitrogens with zero attached hydrogens (tertiary/aromatic N) is 1. The van der Waals surface area contributed by atoms with Crippen molar-refractivity contribution in [1.82, 2.24) is 4.90 Å². The number of carbonyl (C=O) groups is 1. The van der Waals surface area contributed by atoms with Gasteiger partial charge in [0.1, 0.15) is 5.03 Å². The molecule has 0 radical (unpaired) electrons. The second-order valence-electron chi connectivity index (χ2n) is 4.48. The summed E-state index contributed by atoms with van der Waals surface area (Å²) < 4.78 is 11.1. The minimum atomic E-state index is -1.44. The highest BCUT2D eigenvalue weighted by molar-refractivity contribution is 6.53. The molecule has 0 N–H and O–H groups in total. The van der Waals surface area contributed by atoms with Crippen molar-refractivity contribution >= 4 is 29.0 Å². The topological polar surface area (TPSA) is 38.8 Å². The van der Waals surface area contributed by atoms with E-state index in [0.29, 0.717) is 18.8 Å². The lowest BCUT2D eigenvalue weighted by Gasteiger charge is -2.42. The van der Waals surface area contributed by atoms with Crippen LogP contribution in [0, 0.1) is 0 Å². The van der Waals surface area contributed by atoms with Crippen LogP contribution in [0.25, 0.3) is 0 Å². The van der Waals surface area contributed by atoms with Gasteiger partial charge < -0.3 is 14.4 Å². The second kappa shape index (κ2) is 6.48. The van der Waals surface area contributed by atoms with Gasteiger partial charge in [0.15, 0.2) is 4.87 Å². The summed E-state index contributed by atoms with van der Waals surface area (Å²) in [5, 5.41) is 0.0641. The molecule has 0 heterocycles. The molecule has 1 atom stereocenters. The van der Waals surface area contributed by atoms with Gasteiger partial charge in [0, 0.05) is 27.3 Å². The van der Waals surface area contributed by atoms with E-state index in [9.17, 15) is 4.79 Å². The van der Waals surface area contributed by atoms with Crippen molar-refractivity contribution in [1.29, 1.82) is 0 Å². The number of rotatable bonds is 7. The maximum absolute atomic E-state index is 12.5. The van der Waals surface area contributed by atoms with Gasteiger partial charge in [-0.25, -0.2) is 0 Å². The average Bonchev–Trinajstić information content (AvgIpc) is 2.61. The summed E-state index contributed by atoms with van der Waals surface area (Å²) in [6.45, 7) is 8.89. The number of likely N-dealkylation sites (N-methyl/N-ethyl adjacent to an activating group) is 1. The van der Waals surface area contributed by atoms with Gasteiger partial charge in [0.05, 0.1) is 5.70 Å². The summed E-state index contributed by atoms with van der Waals surface area (Å²) in [4.78, 5) is 13.0. The Bertz CT molecular complexity index is 428. The van der Waals surface area contributed by atoms with Crippen LogP contribution in [0.15, 0.2) is 23.4 Å². The lowest BCUT2D eigenvalue weighted by molar-refractivity contribution is -0.205. The first-order valence-corrected chi connectivity index (χ1v) is 7.25. The highest BCUT2D eigenvalue weighted by atomic mass is 35.5. The molecule has 0 aromatic heterocycles. The van der Waals surface area contributed by atoms with Crippen molar-refractivity contribution in [2.75, 3.05) is 27.3 Å². The molecule has 0 aromatic rings. The van der Waals surface area contributed by atoms with Crippen LogP contribution in [-0.2, 0) is 14.3 Å². The predicted octanol–water partition coefficient (Wildman–Crippen LogP) is 2.90. The number of hydrogen-bond donors (Lipinski definition) is 0. The smallest absolute Gasteiger partial charge is 0.239 e. The first kappa shape index (κ1) is 17.5. The number of allylic oxidation sites excluding steroid dienone is 2. The number of carbonyl (C=O) groups excluding carboxylic acids is 1. The Kier molecular flexibility index (Phi) is 5.67. The summed E-state index contributed by atoms with van der Waals surface area (Å²) in [6, 6.07) is 0. The number of ether oxygens (including phenoxy) is 2. The van der Waals surface area contributed by atoms with E-state index >= 15 is 0 Å². The average molecular weight is 322 g/mol. The van der Waals surface area contributed by atoms with E-state index in [0.717, 1.165) is 0 Å². The van der Waals surface area contributed by atoms with E-state index in [1.54, 1.807) is 6.08 Å². The Hall–Kier alpha value is -0.550. The third-order valence-corrected chi connectivity index (χ3v) is 4.61. The van der Waals surface area contributed by atoms with Crippen molar-refractivity contribution in [3.63, 3.8) is 0 Å². The highest BCUT2D eigenvalue weighted by Crippen LogP contribution is 2.52. The lowest BCUT2D eigenvalue weighted by atomic mass is 9.93. The van der Waals surface area contributed by atoms with Crippen LogP contribution in [0.1, 0.15) is 20.3 Å². The SMILES string of the molecule is C=CC[C@@]1(Cl)C(=O)C(Cl)=C(N(CC)CC)C1(OC)OC. The van der Waals surface area contributed by atoms with E-state index in [4.69, 9.17) is 32.7 Å². The van der Waals surface area contributed by atoms with E-state index in [1.165, 1.54) is 14.2 Å². The van der Waals surface area contributed by atoms with E-state index in [2.05, 4.69) is 6.58 Å². The van der Waals surface area contributed by atoms with Gasteiger partial charge in [-0.1, -0.05) is 17.7 Å². The summed E-state index contributed by atoms with van der Waals surface area (Å²) in [6.07, 6.45) is 1.75. The summed E-state index contributed by atoms with van der Waals surface area (Å²) in [5.41, 5.74) is 0.482. The molecule has 0 saturated heterocycles. The largest absolute Gasteiger partial charge is 0.370 e. The first-order chi connectivity index (χ1) is 9.39. The molecule has 0 aromatic carbocycles. The van der Waals surface area contributed by atoms with Crippen LogP contribution in [0.5, 0.6) is 0 Å². The first-order valence-electron chi connectivity index (χ1n) is 6.50. The van der Waals surface area contributed by atoms with Crippen molar-refractivity contribution in [2.24, 2.45) is 0 Å². The van der Waals surface area contributed by atoms with Crippen LogP contribution in [0.4, 0.5) is 0 Å². The number of halogens is 2. The third-order valence-electron chi connectivity index (χ3n) is 3.68. The molecule has 1 aliphatic rings. The van der Waals surface area contributed by atoms with Crippen molar-refractivity contribution < 1.29 is 14.3 Å². The summed E-state index contributed by atoms with van der Waals surface area (Å²) in [7, 11) is 2.91. The molecule has 20 heavy (non-hydrogen) atoms. The maximum atomic E-state index is 12.5. The van der Waals surface area contributed by atoms with Crippen LogP contribution in [0.3, 0.4) is 0 Å². The fourth-order valence-corrected chi connectivity index (χ4v) is 3.58. The molecule has 0 aliphatic heterocycles. The monoisotopic (exact) mass is 321 g/mol. The predicted molar refractivity (Wildman–Crippen MR) is 81.0 cm³/mol. The Morgan fingerprint density at radius 2 is 1.80 bits per heavy atom. The zero-order valence-corrected chi connectivity index (χ0v) is 13.8. The molecule has 4 nitrogen and oxygen atoms in total. The van der Waals surface area contributed by atoms with Gasteiger partial charge in [-0.3, -0.25) is 4.79 Å². The Morgan fingerprint density at radius 3 is 2.15 bits per heavy atom. The van der Waals surface area contributed by atoms with Gasteiger partial charge in [-0.15, -0.1) is 18.2 Å². The molecule has 1 aliphatic carbocycles. The normalized spacial score (nSPS) is 25.2. The van der Waals surface area contributed by atoms with Crippen LogP contribution < -0.4 is 0 Å². The van der Waals surface area contributed by atoms with Gasteiger partial charge in [0.25, 0.3) is 0 Å². The van der Waals surface area contributed by atoms with Crippen LogP contribution in [0.2, 0.25) is 0 Å². The molecule has 6 heteroatoms. The van der Waals surface area contributed by atoms with Crippen molar-refractivity contribution in [3.05, 3.63) is 23.4 Å². The van der Waals surface area contributed by atoms with E-state index < -0.39 is 16.4 Å². The summed E-state index contributed by atoms with van der Waals surface area (Å²) in [5.74, 6) is -1.81. The zero-order valence-electron chi connectivity index (χ0n) is 12.3. The number of methoxy groups -OCH3 is 2. The molecule has 1 rings (SSSR count). The standard InChI is InChI=1S/C14H21Cl2NO3/c1-6-9-13(16)12(18)10(15)11(17(7-2)8-3)14(13,19-4)20-5/h6H,1,7-9H2,2-5H3/t13-/m1/s1. The molecule has 0 amide bonds. The molecule has 0 spiro atoms. The highest BCUT2D eigenvalue weighted by Gasteiger charge is 2.66. The minimum Gasteiger partial charge on any atom is -0.370 e. The third kappa shape index (κ3) is 2.19.